The Labute approximate surface area is 126 Å². The maximum Gasteiger partial charge on any atom is 0.320 e. The summed E-state index contributed by atoms with van der Waals surface area (Å²) in [4.78, 5) is 0. The summed E-state index contributed by atoms with van der Waals surface area (Å²) in [5.74, 6) is 0.537. The molecule has 0 atom stereocenters. The second-order valence-corrected chi connectivity index (χ2v) is 5.23. The first-order chi connectivity index (χ1) is 9.67. The van der Waals surface area contributed by atoms with Crippen LogP contribution in [0.1, 0.15) is 11.5 Å². The van der Waals surface area contributed by atoms with Crippen molar-refractivity contribution in [3.63, 3.8) is 0 Å². The van der Waals surface area contributed by atoms with E-state index in [0.717, 1.165) is 22.3 Å². The molecule has 1 heterocycles. The summed E-state index contributed by atoms with van der Waals surface area (Å²) in [7, 11) is 1.66. The fourth-order valence-electron chi connectivity index (χ4n) is 1.68. The lowest BCUT2D eigenvalue weighted by Crippen LogP contribution is -2.18. The third kappa shape index (κ3) is 4.59. The van der Waals surface area contributed by atoms with E-state index in [1.54, 1.807) is 7.11 Å². The topological polar surface area (TPSA) is 72.2 Å². The minimum absolute atomic E-state index is 0.381. The molecule has 0 unspecified atom stereocenters. The summed E-state index contributed by atoms with van der Waals surface area (Å²) >= 11 is 3.45. The average molecular weight is 341 g/mol. The lowest BCUT2D eigenvalue weighted by Gasteiger charge is -2.03. The van der Waals surface area contributed by atoms with E-state index in [-0.39, 0.29) is 0 Å². The van der Waals surface area contributed by atoms with Crippen LogP contribution in [0.15, 0.2) is 27.1 Å². The molecule has 20 heavy (non-hydrogen) atoms. The van der Waals surface area contributed by atoms with Gasteiger partial charge in [0.15, 0.2) is 0 Å². The van der Waals surface area contributed by atoms with Crippen molar-refractivity contribution in [3.05, 3.63) is 34.1 Å². The maximum atomic E-state index is 5.50. The fraction of sp³-hybridized carbons (Fsp3) is 0.385. The molecule has 0 aliphatic carbocycles. The third-order valence-corrected chi connectivity index (χ3v) is 2.98. The number of aromatic nitrogens is 2. The summed E-state index contributed by atoms with van der Waals surface area (Å²) in [5, 5.41) is 14.1. The summed E-state index contributed by atoms with van der Waals surface area (Å²) in [6, 6.07) is 6.37. The van der Waals surface area contributed by atoms with Crippen molar-refractivity contribution in [2.24, 2.45) is 0 Å². The molecule has 1 aromatic carbocycles. The van der Waals surface area contributed by atoms with E-state index < -0.39 is 0 Å². The van der Waals surface area contributed by atoms with E-state index in [0.29, 0.717) is 25.1 Å². The predicted octanol–water partition coefficient (Wildman–Crippen LogP) is 2.62. The molecule has 1 aromatic heterocycles. The molecule has 0 saturated carbocycles. The lowest BCUT2D eigenvalue weighted by atomic mass is 10.2. The van der Waals surface area contributed by atoms with E-state index in [2.05, 4.69) is 36.8 Å². The van der Waals surface area contributed by atoms with Gasteiger partial charge in [-0.1, -0.05) is 21.0 Å². The van der Waals surface area contributed by atoms with E-state index in [1.165, 1.54) is 0 Å². The molecule has 2 N–H and O–H groups in total. The second-order valence-electron chi connectivity index (χ2n) is 4.31. The van der Waals surface area contributed by atoms with Crippen molar-refractivity contribution in [1.29, 1.82) is 0 Å². The zero-order chi connectivity index (χ0) is 14.4. The van der Waals surface area contributed by atoms with Crippen molar-refractivity contribution in [3.8, 4) is 0 Å². The van der Waals surface area contributed by atoms with E-state index in [4.69, 9.17) is 9.15 Å². The molecule has 6 nitrogen and oxygen atoms in total. The van der Waals surface area contributed by atoms with Crippen LogP contribution in [0.2, 0.25) is 0 Å². The number of nitrogens with zero attached hydrogens (tertiary/aromatic N) is 2. The molecule has 2 aromatic rings. The van der Waals surface area contributed by atoms with Crippen LogP contribution in [0.3, 0.4) is 0 Å². The first-order valence-corrected chi connectivity index (χ1v) is 7.03. The Morgan fingerprint density at radius 2 is 2.15 bits per heavy atom. The second kappa shape index (κ2) is 7.37. The molecule has 0 fully saturated rings. The van der Waals surface area contributed by atoms with Crippen molar-refractivity contribution >= 4 is 27.6 Å². The highest BCUT2D eigenvalue weighted by Crippen LogP contribution is 2.22. The first kappa shape index (κ1) is 15.0. The van der Waals surface area contributed by atoms with Gasteiger partial charge in [-0.05, 0) is 30.7 Å². The molecule has 2 rings (SSSR count). The number of hydrogen-bond donors (Lipinski definition) is 2. The Kier molecular flexibility index (Phi) is 5.51. The summed E-state index contributed by atoms with van der Waals surface area (Å²) < 4.78 is 11.4. The Morgan fingerprint density at radius 3 is 2.90 bits per heavy atom. The SMILES string of the molecule is COCCNCc1nnc(Nc2cc(C)cc(Br)c2)o1. The lowest BCUT2D eigenvalue weighted by molar-refractivity contribution is 0.198. The third-order valence-electron chi connectivity index (χ3n) is 2.52. The largest absolute Gasteiger partial charge is 0.406 e. The van der Waals surface area contributed by atoms with Gasteiger partial charge in [-0.2, -0.15) is 0 Å². The van der Waals surface area contributed by atoms with Crippen LogP contribution in [0.5, 0.6) is 0 Å². The number of anilines is 2. The highest BCUT2D eigenvalue weighted by Gasteiger charge is 2.06. The number of rotatable bonds is 7. The van der Waals surface area contributed by atoms with E-state index in [1.807, 2.05) is 25.1 Å². The summed E-state index contributed by atoms with van der Waals surface area (Å²) in [5.41, 5.74) is 2.04. The molecule has 0 amide bonds. The van der Waals surface area contributed by atoms with Gasteiger partial charge in [-0.3, -0.25) is 0 Å². The van der Waals surface area contributed by atoms with Gasteiger partial charge in [0.1, 0.15) is 0 Å². The van der Waals surface area contributed by atoms with Crippen LogP contribution >= 0.6 is 15.9 Å². The number of methoxy groups -OCH3 is 1. The van der Waals surface area contributed by atoms with Crippen molar-refractivity contribution in [1.82, 2.24) is 15.5 Å². The minimum atomic E-state index is 0.381. The highest BCUT2D eigenvalue weighted by atomic mass is 79.9. The molecule has 0 aliphatic heterocycles. The normalized spacial score (nSPS) is 10.8. The number of aryl methyl sites for hydroxylation is 1. The number of halogens is 1. The molecule has 0 bridgehead atoms. The van der Waals surface area contributed by atoms with Crippen molar-refractivity contribution in [2.45, 2.75) is 13.5 Å². The number of benzene rings is 1. The van der Waals surface area contributed by atoms with E-state index in [9.17, 15) is 0 Å². The number of ether oxygens (including phenoxy) is 1. The fourth-order valence-corrected chi connectivity index (χ4v) is 2.28. The Bertz CT molecular complexity index is 539. The smallest absolute Gasteiger partial charge is 0.320 e. The van der Waals surface area contributed by atoms with Gasteiger partial charge in [-0.25, -0.2) is 0 Å². The molecule has 7 heteroatoms. The first-order valence-electron chi connectivity index (χ1n) is 6.23. The predicted molar refractivity (Wildman–Crippen MR) is 80.0 cm³/mol. The van der Waals surface area contributed by atoms with Crippen LogP contribution in [-0.2, 0) is 11.3 Å². The zero-order valence-electron chi connectivity index (χ0n) is 11.4. The zero-order valence-corrected chi connectivity index (χ0v) is 13.0. The van der Waals surface area contributed by atoms with E-state index >= 15 is 0 Å². The van der Waals surface area contributed by atoms with Gasteiger partial charge in [0.2, 0.25) is 5.89 Å². The van der Waals surface area contributed by atoms with Gasteiger partial charge in [0.05, 0.1) is 13.2 Å². The van der Waals surface area contributed by atoms with Gasteiger partial charge in [-0.15, -0.1) is 5.10 Å². The molecule has 108 valence electrons. The molecule has 0 spiro atoms. The Hall–Kier alpha value is -1.44. The maximum absolute atomic E-state index is 5.50. The monoisotopic (exact) mass is 340 g/mol. The molecular weight excluding hydrogens is 324 g/mol. The number of hydrogen-bond acceptors (Lipinski definition) is 6. The standard InChI is InChI=1S/C13H17BrN4O2/c1-9-5-10(14)7-11(6-9)16-13-18-17-12(20-13)8-15-3-4-19-2/h5-7,15H,3-4,8H2,1-2H3,(H,16,18). The Morgan fingerprint density at radius 1 is 1.30 bits per heavy atom. The van der Waals surface area contributed by atoms with Gasteiger partial charge in [0, 0.05) is 23.8 Å². The van der Waals surface area contributed by atoms with Crippen molar-refractivity contribution < 1.29 is 9.15 Å². The average Bonchev–Trinajstić information content (AvgIpc) is 2.81. The molecule has 0 aliphatic rings. The van der Waals surface area contributed by atoms with Crippen LogP contribution in [0.25, 0.3) is 0 Å². The summed E-state index contributed by atoms with van der Waals surface area (Å²) in [6.07, 6.45) is 0. The van der Waals surface area contributed by atoms with Crippen LogP contribution < -0.4 is 10.6 Å². The quantitative estimate of drug-likeness (QED) is 0.755. The van der Waals surface area contributed by atoms with Gasteiger partial charge >= 0.3 is 6.01 Å². The number of nitrogens with one attached hydrogen (secondary N) is 2. The van der Waals surface area contributed by atoms with Crippen LogP contribution in [-0.4, -0.2) is 30.5 Å². The van der Waals surface area contributed by atoms with Crippen LogP contribution in [0, 0.1) is 6.92 Å². The van der Waals surface area contributed by atoms with Crippen LogP contribution in [0.4, 0.5) is 11.7 Å². The summed E-state index contributed by atoms with van der Waals surface area (Å²) in [6.45, 7) is 3.94. The highest BCUT2D eigenvalue weighted by molar-refractivity contribution is 9.10. The van der Waals surface area contributed by atoms with Gasteiger partial charge in [0.25, 0.3) is 0 Å². The minimum Gasteiger partial charge on any atom is -0.406 e. The molecule has 0 radical (unpaired) electrons. The Balaban J connectivity index is 1.92. The molecular formula is C13H17BrN4O2. The van der Waals surface area contributed by atoms with Gasteiger partial charge < -0.3 is 19.8 Å². The van der Waals surface area contributed by atoms with Crippen molar-refractivity contribution in [2.75, 3.05) is 25.6 Å². The molecule has 0 saturated heterocycles.